The minimum Gasteiger partial charge on any atom is -0.324 e. The molecule has 0 atom stereocenters. The van der Waals surface area contributed by atoms with Gasteiger partial charge in [0.1, 0.15) is 0 Å². The van der Waals surface area contributed by atoms with Crippen molar-refractivity contribution >= 4 is 58.0 Å². The Balaban J connectivity index is 1.79. The fourth-order valence-corrected chi connectivity index (χ4v) is 2.86. The van der Waals surface area contributed by atoms with Gasteiger partial charge in [0.15, 0.2) is 0 Å². The number of nitrogens with zero attached hydrogens (tertiary/aromatic N) is 1. The molecule has 0 bridgehead atoms. The van der Waals surface area contributed by atoms with Crippen LogP contribution in [0.4, 0.5) is 11.4 Å². The Kier molecular flexibility index (Phi) is 7.72. The molecule has 2 aromatic rings. The fraction of sp³-hybridized carbons (Fsp3) is 0.222. The first-order chi connectivity index (χ1) is 12.4. The molecule has 2 N–H and O–H groups in total. The van der Waals surface area contributed by atoms with E-state index in [1.54, 1.807) is 54.4 Å². The Hall–Kier alpha value is -1.79. The summed E-state index contributed by atoms with van der Waals surface area (Å²) in [4.78, 5) is 25.9. The lowest BCUT2D eigenvalue weighted by Gasteiger charge is -2.16. The van der Waals surface area contributed by atoms with Gasteiger partial charge >= 0.3 is 0 Å². The lowest BCUT2D eigenvalue weighted by molar-refractivity contribution is -0.119. The summed E-state index contributed by atoms with van der Waals surface area (Å²) in [6.45, 7) is 0.523. The highest BCUT2D eigenvalue weighted by molar-refractivity contribution is 6.39. The van der Waals surface area contributed by atoms with E-state index in [1.807, 2.05) is 0 Å². The summed E-state index contributed by atoms with van der Waals surface area (Å²) < 4.78 is 0. The number of anilines is 2. The van der Waals surface area contributed by atoms with Crippen molar-refractivity contribution in [2.24, 2.45) is 0 Å². The number of para-hydroxylation sites is 2. The zero-order valence-corrected chi connectivity index (χ0v) is 16.3. The molecule has 0 aliphatic heterocycles. The van der Waals surface area contributed by atoms with Crippen LogP contribution in [0.15, 0.2) is 42.5 Å². The predicted molar refractivity (Wildman–Crippen MR) is 107 cm³/mol. The number of carbonyl (C=O) groups is 2. The van der Waals surface area contributed by atoms with Crippen LogP contribution in [0.2, 0.25) is 15.1 Å². The molecule has 0 aliphatic rings. The molecule has 5 nitrogen and oxygen atoms in total. The first-order valence-electron chi connectivity index (χ1n) is 7.83. The highest BCUT2D eigenvalue weighted by Crippen LogP contribution is 2.29. The van der Waals surface area contributed by atoms with Gasteiger partial charge in [-0.05, 0) is 31.3 Å². The summed E-state index contributed by atoms with van der Waals surface area (Å²) in [6.07, 6.45) is 0.192. The van der Waals surface area contributed by atoms with Crippen LogP contribution in [-0.4, -0.2) is 36.9 Å². The van der Waals surface area contributed by atoms with Crippen LogP contribution in [0.3, 0.4) is 0 Å². The van der Waals surface area contributed by atoms with Crippen molar-refractivity contribution in [2.75, 3.05) is 30.8 Å². The molecule has 0 saturated heterocycles. The average molecular weight is 415 g/mol. The first kappa shape index (κ1) is 20.5. The Morgan fingerprint density at radius 2 is 1.50 bits per heavy atom. The summed E-state index contributed by atoms with van der Waals surface area (Å²) in [5, 5.41) is 6.64. The number of halogens is 3. The van der Waals surface area contributed by atoms with E-state index in [2.05, 4.69) is 10.6 Å². The van der Waals surface area contributed by atoms with Gasteiger partial charge in [0.25, 0.3) is 0 Å². The maximum Gasteiger partial charge on any atom is 0.238 e. The lowest BCUT2D eigenvalue weighted by Crippen LogP contribution is -2.32. The highest BCUT2D eigenvalue weighted by atomic mass is 35.5. The van der Waals surface area contributed by atoms with Gasteiger partial charge < -0.3 is 10.6 Å². The van der Waals surface area contributed by atoms with Gasteiger partial charge in [-0.2, -0.15) is 0 Å². The summed E-state index contributed by atoms with van der Waals surface area (Å²) in [7, 11) is 1.75. The Labute approximate surface area is 167 Å². The molecule has 2 rings (SSSR count). The predicted octanol–water partition coefficient (Wildman–Crippen LogP) is 4.55. The van der Waals surface area contributed by atoms with Crippen molar-refractivity contribution in [1.29, 1.82) is 0 Å². The number of hydrogen-bond donors (Lipinski definition) is 2. The highest BCUT2D eigenvalue weighted by Gasteiger charge is 2.12. The fourth-order valence-electron chi connectivity index (χ4n) is 2.19. The van der Waals surface area contributed by atoms with Crippen molar-refractivity contribution in [3.05, 3.63) is 57.5 Å². The van der Waals surface area contributed by atoms with E-state index in [-0.39, 0.29) is 24.8 Å². The van der Waals surface area contributed by atoms with Crippen LogP contribution in [0.5, 0.6) is 0 Å². The third kappa shape index (κ3) is 6.18. The third-order valence-electron chi connectivity index (χ3n) is 3.51. The van der Waals surface area contributed by atoms with E-state index in [4.69, 9.17) is 34.8 Å². The summed E-state index contributed by atoms with van der Waals surface area (Å²) in [5.74, 6) is -0.450. The van der Waals surface area contributed by atoms with E-state index in [1.165, 1.54) is 0 Å². The van der Waals surface area contributed by atoms with E-state index in [0.717, 1.165) is 0 Å². The number of carbonyl (C=O) groups excluding carboxylic acids is 2. The summed E-state index contributed by atoms with van der Waals surface area (Å²) >= 11 is 18.1. The van der Waals surface area contributed by atoms with E-state index in [0.29, 0.717) is 33.0 Å². The van der Waals surface area contributed by atoms with Crippen molar-refractivity contribution in [3.63, 3.8) is 0 Å². The monoisotopic (exact) mass is 413 g/mol. The van der Waals surface area contributed by atoms with Crippen molar-refractivity contribution in [1.82, 2.24) is 4.90 Å². The molecule has 0 fully saturated rings. The Bertz CT molecular complexity index is 779. The van der Waals surface area contributed by atoms with Gasteiger partial charge in [-0.1, -0.05) is 53.0 Å². The molecule has 2 amide bonds. The van der Waals surface area contributed by atoms with Crippen molar-refractivity contribution in [2.45, 2.75) is 6.42 Å². The molecular weight excluding hydrogens is 397 g/mol. The number of rotatable bonds is 7. The first-order valence-corrected chi connectivity index (χ1v) is 8.97. The zero-order valence-electron chi connectivity index (χ0n) is 14.1. The average Bonchev–Trinajstić information content (AvgIpc) is 2.58. The van der Waals surface area contributed by atoms with E-state index < -0.39 is 0 Å². The molecule has 0 heterocycles. The van der Waals surface area contributed by atoms with Gasteiger partial charge in [0.2, 0.25) is 11.8 Å². The second-order valence-electron chi connectivity index (χ2n) is 5.66. The van der Waals surface area contributed by atoms with Gasteiger partial charge in [-0.15, -0.1) is 0 Å². The van der Waals surface area contributed by atoms with Gasteiger partial charge in [-0.25, -0.2) is 0 Å². The van der Waals surface area contributed by atoms with Gasteiger partial charge in [0, 0.05) is 13.0 Å². The molecule has 0 radical (unpaired) electrons. The van der Waals surface area contributed by atoms with Gasteiger partial charge in [0.05, 0.1) is 33.0 Å². The van der Waals surface area contributed by atoms with Crippen LogP contribution in [0.1, 0.15) is 6.42 Å². The van der Waals surface area contributed by atoms with Crippen LogP contribution in [-0.2, 0) is 9.59 Å². The third-order valence-corrected chi connectivity index (χ3v) is 4.47. The van der Waals surface area contributed by atoms with Crippen molar-refractivity contribution < 1.29 is 9.59 Å². The largest absolute Gasteiger partial charge is 0.324 e. The number of likely N-dealkylation sites (N-methyl/N-ethyl adjacent to an activating group) is 1. The molecule has 0 unspecified atom stereocenters. The quantitative estimate of drug-likeness (QED) is 0.699. The lowest BCUT2D eigenvalue weighted by atomic mass is 10.3. The molecule has 0 saturated carbocycles. The van der Waals surface area contributed by atoms with E-state index in [9.17, 15) is 9.59 Å². The standard InChI is InChI=1S/C18H18Cl3N3O2/c1-24(11-17(26)22-15-8-3-2-5-12(15)19)10-9-16(25)23-18-13(20)6-4-7-14(18)21/h2-8H,9-11H2,1H3,(H,22,26)(H,23,25). The number of amides is 2. The minimum absolute atomic E-state index is 0.130. The topological polar surface area (TPSA) is 61.4 Å². The SMILES string of the molecule is CN(CCC(=O)Nc1c(Cl)cccc1Cl)CC(=O)Nc1ccccc1Cl. The molecule has 2 aromatic carbocycles. The normalized spacial score (nSPS) is 10.7. The Morgan fingerprint density at radius 3 is 2.15 bits per heavy atom. The summed E-state index contributed by atoms with van der Waals surface area (Å²) in [6, 6.07) is 12.0. The Morgan fingerprint density at radius 1 is 0.885 bits per heavy atom. The maximum atomic E-state index is 12.1. The molecule has 0 spiro atoms. The smallest absolute Gasteiger partial charge is 0.238 e. The van der Waals surface area contributed by atoms with Crippen molar-refractivity contribution in [3.8, 4) is 0 Å². The number of benzene rings is 2. The van der Waals surface area contributed by atoms with Crippen LogP contribution >= 0.6 is 34.8 Å². The molecule has 8 heteroatoms. The number of nitrogens with one attached hydrogen (secondary N) is 2. The van der Waals surface area contributed by atoms with E-state index >= 15 is 0 Å². The van der Waals surface area contributed by atoms with Crippen LogP contribution < -0.4 is 10.6 Å². The summed E-state index contributed by atoms with van der Waals surface area (Å²) in [5.41, 5.74) is 0.943. The molecule has 0 aromatic heterocycles. The number of hydrogen-bond acceptors (Lipinski definition) is 3. The van der Waals surface area contributed by atoms with Gasteiger partial charge in [-0.3, -0.25) is 14.5 Å². The van der Waals surface area contributed by atoms with Crippen LogP contribution in [0, 0.1) is 0 Å². The second kappa shape index (κ2) is 9.78. The van der Waals surface area contributed by atoms with Crippen LogP contribution in [0.25, 0.3) is 0 Å². The second-order valence-corrected chi connectivity index (χ2v) is 6.88. The molecule has 26 heavy (non-hydrogen) atoms. The zero-order chi connectivity index (χ0) is 19.1. The molecular formula is C18H18Cl3N3O2. The minimum atomic E-state index is -0.238. The molecule has 0 aliphatic carbocycles. The maximum absolute atomic E-state index is 12.1. The molecule has 138 valence electrons.